The van der Waals surface area contributed by atoms with Crippen LogP contribution in [0.2, 0.25) is 0 Å². The van der Waals surface area contributed by atoms with E-state index in [0.29, 0.717) is 5.75 Å². The molecule has 2 aromatic rings. The number of carbonyl (C=O) groups excluding carboxylic acids is 1. The van der Waals surface area contributed by atoms with Gasteiger partial charge in [0, 0.05) is 10.6 Å². The summed E-state index contributed by atoms with van der Waals surface area (Å²) >= 11 is 1.31. The summed E-state index contributed by atoms with van der Waals surface area (Å²) in [4.78, 5) is 12.1. The van der Waals surface area contributed by atoms with E-state index < -0.39 is 11.5 Å². The Bertz CT molecular complexity index is 614. The minimum atomic E-state index is -1.64. The van der Waals surface area contributed by atoms with Gasteiger partial charge in [-0.05, 0) is 43.3 Å². The zero-order valence-corrected chi connectivity index (χ0v) is 12.8. The number of hydrogen-bond acceptors (Lipinski definition) is 5. The molecule has 0 saturated heterocycles. The van der Waals surface area contributed by atoms with Crippen LogP contribution in [0, 0.1) is 0 Å². The van der Waals surface area contributed by atoms with Gasteiger partial charge in [-0.3, -0.25) is 10.0 Å². The molecule has 1 unspecified atom stereocenters. The summed E-state index contributed by atoms with van der Waals surface area (Å²) < 4.78 is 5.68. The molecule has 0 saturated carbocycles. The molecular weight excluding hydrogens is 302 g/mol. The smallest absolute Gasteiger partial charge is 0.275 e. The van der Waals surface area contributed by atoms with E-state index in [1.165, 1.54) is 24.2 Å². The van der Waals surface area contributed by atoms with Crippen molar-refractivity contribution in [2.24, 2.45) is 0 Å². The third kappa shape index (κ3) is 4.49. The molecule has 6 heteroatoms. The number of nitrogens with one attached hydrogen (secondary N) is 1. The number of thioether (sulfide) groups is 1. The number of ether oxygens (including phenoxy) is 1. The van der Waals surface area contributed by atoms with Crippen LogP contribution in [-0.4, -0.2) is 27.6 Å². The van der Waals surface area contributed by atoms with Crippen molar-refractivity contribution >= 4 is 17.7 Å². The first-order valence-electron chi connectivity index (χ1n) is 6.64. The molecule has 3 N–H and O–H groups in total. The maximum absolute atomic E-state index is 11.3. The highest BCUT2D eigenvalue weighted by Gasteiger charge is 2.30. The first-order valence-corrected chi connectivity index (χ1v) is 7.62. The molecule has 2 rings (SSSR count). The summed E-state index contributed by atoms with van der Waals surface area (Å²) in [5.41, 5.74) is -0.185. The predicted octanol–water partition coefficient (Wildman–Crippen LogP) is 2.83. The highest BCUT2D eigenvalue weighted by molar-refractivity contribution is 7.99. The van der Waals surface area contributed by atoms with Crippen LogP contribution in [0.25, 0.3) is 0 Å². The van der Waals surface area contributed by atoms with E-state index in [1.54, 1.807) is 0 Å². The summed E-state index contributed by atoms with van der Waals surface area (Å²) in [6, 6.07) is 16.8. The molecule has 0 spiro atoms. The van der Waals surface area contributed by atoms with Gasteiger partial charge in [0.15, 0.2) is 5.60 Å². The molecule has 0 aromatic heterocycles. The van der Waals surface area contributed by atoms with Gasteiger partial charge < -0.3 is 9.84 Å². The predicted molar refractivity (Wildman–Crippen MR) is 84.2 cm³/mol. The second-order valence-corrected chi connectivity index (χ2v) is 5.94. The molecule has 1 atom stereocenters. The lowest BCUT2D eigenvalue weighted by atomic mass is 10.1. The Hall–Kier alpha value is -2.02. The van der Waals surface area contributed by atoms with Crippen molar-refractivity contribution in [3.05, 3.63) is 54.6 Å². The van der Waals surface area contributed by atoms with Crippen molar-refractivity contribution in [3.63, 3.8) is 0 Å². The molecule has 0 aliphatic rings. The third-order valence-corrected chi connectivity index (χ3v) is 4.23. The van der Waals surface area contributed by atoms with Crippen molar-refractivity contribution < 1.29 is 19.8 Å². The van der Waals surface area contributed by atoms with Crippen LogP contribution < -0.4 is 10.2 Å². The lowest BCUT2D eigenvalue weighted by Gasteiger charge is -2.19. The van der Waals surface area contributed by atoms with Crippen LogP contribution in [0.15, 0.2) is 59.5 Å². The average molecular weight is 319 g/mol. The van der Waals surface area contributed by atoms with Crippen molar-refractivity contribution in [2.45, 2.75) is 17.4 Å². The topological polar surface area (TPSA) is 78.8 Å². The van der Waals surface area contributed by atoms with Gasteiger partial charge in [-0.2, -0.15) is 0 Å². The van der Waals surface area contributed by atoms with Crippen LogP contribution >= 0.6 is 11.8 Å². The first kappa shape index (κ1) is 16.4. The first-order chi connectivity index (χ1) is 10.5. The zero-order valence-electron chi connectivity index (χ0n) is 12.0. The Morgan fingerprint density at radius 3 is 2.32 bits per heavy atom. The summed E-state index contributed by atoms with van der Waals surface area (Å²) in [5.74, 6) is 0.753. The van der Waals surface area contributed by atoms with E-state index in [4.69, 9.17) is 9.94 Å². The Balaban J connectivity index is 1.93. The van der Waals surface area contributed by atoms with Crippen molar-refractivity contribution in [1.29, 1.82) is 0 Å². The van der Waals surface area contributed by atoms with Crippen LogP contribution in [0.1, 0.15) is 6.92 Å². The fourth-order valence-electron chi connectivity index (χ4n) is 1.64. The molecule has 0 fully saturated rings. The third-order valence-electron chi connectivity index (χ3n) is 2.91. The number of aliphatic hydroxyl groups is 1. The number of hydroxylamine groups is 1. The van der Waals surface area contributed by atoms with Crippen LogP contribution in [0.4, 0.5) is 0 Å². The zero-order chi connectivity index (χ0) is 16.0. The number of rotatable bonds is 6. The number of benzene rings is 2. The van der Waals surface area contributed by atoms with E-state index in [2.05, 4.69) is 0 Å². The van der Waals surface area contributed by atoms with Crippen LogP contribution in [0.3, 0.4) is 0 Å². The second-order valence-electron chi connectivity index (χ2n) is 4.89. The van der Waals surface area contributed by atoms with Gasteiger partial charge in [-0.1, -0.05) is 18.2 Å². The highest BCUT2D eigenvalue weighted by Crippen LogP contribution is 2.27. The molecule has 0 bridgehead atoms. The fraction of sp³-hybridized carbons (Fsp3) is 0.188. The number of carbonyl (C=O) groups is 1. The Morgan fingerprint density at radius 1 is 1.14 bits per heavy atom. The van der Waals surface area contributed by atoms with E-state index in [1.807, 2.05) is 54.6 Å². The molecule has 1 amide bonds. The monoisotopic (exact) mass is 319 g/mol. The van der Waals surface area contributed by atoms with Crippen LogP contribution in [0.5, 0.6) is 11.5 Å². The van der Waals surface area contributed by atoms with Crippen molar-refractivity contribution in [1.82, 2.24) is 5.48 Å². The summed E-state index contributed by atoms with van der Waals surface area (Å²) in [7, 11) is 0. The molecule has 0 aliphatic carbocycles. The number of amides is 1. The van der Waals surface area contributed by atoms with Gasteiger partial charge >= 0.3 is 0 Å². The lowest BCUT2D eigenvalue weighted by molar-refractivity contribution is -0.144. The molecule has 2 aromatic carbocycles. The maximum Gasteiger partial charge on any atom is 0.275 e. The van der Waals surface area contributed by atoms with E-state index in [0.717, 1.165) is 10.6 Å². The van der Waals surface area contributed by atoms with Crippen molar-refractivity contribution in [2.75, 3.05) is 5.75 Å². The SMILES string of the molecule is CC(O)(CSc1ccc(Oc2ccccc2)cc1)C(=O)NO. The van der Waals surface area contributed by atoms with E-state index in [-0.39, 0.29) is 5.75 Å². The summed E-state index contributed by atoms with van der Waals surface area (Å²) in [5, 5.41) is 18.4. The number of hydrogen-bond donors (Lipinski definition) is 3. The lowest BCUT2D eigenvalue weighted by Crippen LogP contribution is -2.45. The summed E-state index contributed by atoms with van der Waals surface area (Å²) in [6.07, 6.45) is 0. The molecule has 22 heavy (non-hydrogen) atoms. The Kier molecular flexibility index (Phi) is 5.43. The molecule has 0 heterocycles. The largest absolute Gasteiger partial charge is 0.457 e. The molecule has 0 aliphatic heterocycles. The standard InChI is InChI=1S/C16H17NO4S/c1-16(19,15(18)17-20)11-22-14-9-7-13(8-10-14)21-12-5-3-2-4-6-12/h2-10,19-20H,11H2,1H3,(H,17,18). The van der Waals surface area contributed by atoms with Gasteiger partial charge in [0.05, 0.1) is 0 Å². The van der Waals surface area contributed by atoms with E-state index in [9.17, 15) is 9.90 Å². The fourth-order valence-corrected chi connectivity index (χ4v) is 2.55. The second kappa shape index (κ2) is 7.31. The van der Waals surface area contributed by atoms with Gasteiger partial charge in [-0.15, -0.1) is 11.8 Å². The maximum atomic E-state index is 11.3. The normalized spacial score (nSPS) is 13.2. The van der Waals surface area contributed by atoms with Crippen molar-refractivity contribution in [3.8, 4) is 11.5 Å². The minimum absolute atomic E-state index is 0.123. The molecule has 116 valence electrons. The van der Waals surface area contributed by atoms with Crippen LogP contribution in [-0.2, 0) is 4.79 Å². The molecular formula is C16H17NO4S. The average Bonchev–Trinajstić information content (AvgIpc) is 2.54. The highest BCUT2D eigenvalue weighted by atomic mass is 32.2. The number of para-hydroxylation sites is 1. The minimum Gasteiger partial charge on any atom is -0.457 e. The Labute approximate surface area is 132 Å². The summed E-state index contributed by atoms with van der Waals surface area (Å²) in [6.45, 7) is 1.35. The van der Waals surface area contributed by atoms with Gasteiger partial charge in [-0.25, -0.2) is 5.48 Å². The quantitative estimate of drug-likeness (QED) is 0.433. The van der Waals surface area contributed by atoms with Gasteiger partial charge in [0.25, 0.3) is 5.91 Å². The Morgan fingerprint density at radius 2 is 1.73 bits per heavy atom. The van der Waals surface area contributed by atoms with Gasteiger partial charge in [0.2, 0.25) is 0 Å². The van der Waals surface area contributed by atoms with E-state index >= 15 is 0 Å². The molecule has 5 nitrogen and oxygen atoms in total. The molecule has 0 radical (unpaired) electrons. The van der Waals surface area contributed by atoms with Gasteiger partial charge in [0.1, 0.15) is 11.5 Å².